The molecule has 3 rings (SSSR count). The van der Waals surface area contributed by atoms with Gasteiger partial charge in [0, 0.05) is 0 Å². The van der Waals surface area contributed by atoms with E-state index in [0.29, 0.717) is 12.0 Å². The molecule has 0 atom stereocenters. The second-order valence-corrected chi connectivity index (χ2v) is 3.74. The summed E-state index contributed by atoms with van der Waals surface area (Å²) in [6, 6.07) is 20.8. The molecule has 1 N–H and O–H groups in total. The van der Waals surface area contributed by atoms with Gasteiger partial charge in [-0.05, 0) is 11.1 Å². The third-order valence-corrected chi connectivity index (χ3v) is 2.44. The van der Waals surface area contributed by atoms with Crippen molar-refractivity contribution in [1.82, 2.24) is 15.4 Å². The maximum atomic E-state index is 9.75. The number of nitrogens with one attached hydrogen (secondary N) is 1. The molecule has 19 heavy (non-hydrogen) atoms. The Balaban J connectivity index is 0.000000163. The number of hydrogen-bond acceptors (Lipinski definition) is 3. The summed E-state index contributed by atoms with van der Waals surface area (Å²) in [5, 5.41) is 9.11. The maximum absolute atomic E-state index is 9.75. The van der Waals surface area contributed by atoms with E-state index in [4.69, 9.17) is 0 Å². The number of carbonyl (C=O) groups is 1. The Kier molecular flexibility index (Phi) is 4.58. The molecule has 0 saturated carbocycles. The monoisotopic (exact) mass is 251 g/mol. The number of aromatic amines is 1. The number of aldehydes is 1. The minimum Gasteiger partial charge on any atom is -0.296 e. The third-order valence-electron chi connectivity index (χ3n) is 2.44. The fraction of sp³-hybridized carbons (Fsp3) is 0. The van der Waals surface area contributed by atoms with E-state index in [0.717, 1.165) is 0 Å². The number of benzene rings is 2. The van der Waals surface area contributed by atoms with E-state index in [-0.39, 0.29) is 0 Å². The summed E-state index contributed by atoms with van der Waals surface area (Å²) in [4.78, 5) is 9.75. The average molecular weight is 251 g/mol. The van der Waals surface area contributed by atoms with Crippen molar-refractivity contribution in [2.75, 3.05) is 0 Å². The Morgan fingerprint density at radius 3 is 1.68 bits per heavy atom. The molecule has 0 unspecified atom stereocenters. The first-order chi connectivity index (χ1) is 9.40. The first-order valence-electron chi connectivity index (χ1n) is 5.81. The van der Waals surface area contributed by atoms with Crippen LogP contribution in [0.1, 0.15) is 10.5 Å². The molecule has 1 heterocycles. The van der Waals surface area contributed by atoms with Crippen LogP contribution in [0.2, 0.25) is 0 Å². The number of carbonyl (C=O) groups excluding carboxylic acids is 1. The topological polar surface area (TPSA) is 58.6 Å². The Labute approximate surface area is 111 Å². The third kappa shape index (κ3) is 3.89. The second-order valence-electron chi connectivity index (χ2n) is 3.74. The zero-order valence-corrected chi connectivity index (χ0v) is 10.2. The zero-order chi connectivity index (χ0) is 13.3. The molecule has 0 aliphatic heterocycles. The van der Waals surface area contributed by atoms with E-state index in [1.807, 2.05) is 12.1 Å². The molecular weight excluding hydrogens is 238 g/mol. The van der Waals surface area contributed by atoms with Crippen molar-refractivity contribution in [3.05, 3.63) is 72.6 Å². The van der Waals surface area contributed by atoms with Crippen LogP contribution in [0.25, 0.3) is 11.1 Å². The summed E-state index contributed by atoms with van der Waals surface area (Å²) in [6.07, 6.45) is 1.98. The van der Waals surface area contributed by atoms with Gasteiger partial charge in [0.1, 0.15) is 5.69 Å². The highest BCUT2D eigenvalue weighted by Gasteiger charge is 1.91. The van der Waals surface area contributed by atoms with Gasteiger partial charge >= 0.3 is 0 Å². The summed E-state index contributed by atoms with van der Waals surface area (Å²) < 4.78 is 0. The molecule has 0 bridgehead atoms. The lowest BCUT2D eigenvalue weighted by Gasteiger charge is -1.98. The molecule has 0 spiro atoms. The van der Waals surface area contributed by atoms with E-state index >= 15 is 0 Å². The van der Waals surface area contributed by atoms with Crippen LogP contribution in [0.4, 0.5) is 0 Å². The lowest BCUT2D eigenvalue weighted by atomic mass is 10.1. The average Bonchev–Trinajstić information content (AvgIpc) is 3.03. The normalized spacial score (nSPS) is 9.26. The van der Waals surface area contributed by atoms with Gasteiger partial charge in [0.2, 0.25) is 0 Å². The quantitative estimate of drug-likeness (QED) is 0.712. The Morgan fingerprint density at radius 2 is 1.37 bits per heavy atom. The Hall–Kier alpha value is -2.75. The molecule has 0 aliphatic carbocycles. The molecule has 1 aromatic heterocycles. The minimum atomic E-state index is 0.333. The van der Waals surface area contributed by atoms with Crippen LogP contribution in [0, 0.1) is 0 Å². The molecule has 4 heteroatoms. The highest BCUT2D eigenvalue weighted by molar-refractivity contribution is 5.70. The summed E-state index contributed by atoms with van der Waals surface area (Å²) >= 11 is 0. The van der Waals surface area contributed by atoms with E-state index in [1.165, 1.54) is 17.3 Å². The van der Waals surface area contributed by atoms with Gasteiger partial charge < -0.3 is 0 Å². The van der Waals surface area contributed by atoms with Gasteiger partial charge in [-0.1, -0.05) is 60.7 Å². The minimum absolute atomic E-state index is 0.333. The second kappa shape index (κ2) is 6.86. The number of H-pyrrole nitrogens is 1. The smallest absolute Gasteiger partial charge is 0.171 e. The Morgan fingerprint density at radius 1 is 0.842 bits per heavy atom. The van der Waals surface area contributed by atoms with Crippen molar-refractivity contribution in [2.24, 2.45) is 0 Å². The van der Waals surface area contributed by atoms with Gasteiger partial charge in [0.05, 0.1) is 6.20 Å². The molecule has 4 nitrogen and oxygen atoms in total. The van der Waals surface area contributed by atoms with Crippen molar-refractivity contribution < 1.29 is 4.79 Å². The SMILES string of the molecule is O=Cc1cn[nH]n1.c1ccc(-c2ccccc2)cc1. The van der Waals surface area contributed by atoms with Crippen LogP contribution in [0.15, 0.2) is 66.9 Å². The van der Waals surface area contributed by atoms with Crippen molar-refractivity contribution in [1.29, 1.82) is 0 Å². The highest BCUT2D eigenvalue weighted by Crippen LogP contribution is 2.17. The molecule has 94 valence electrons. The van der Waals surface area contributed by atoms with Crippen LogP contribution < -0.4 is 0 Å². The molecule has 0 saturated heterocycles. The summed E-state index contributed by atoms with van der Waals surface area (Å²) in [7, 11) is 0. The number of aromatic nitrogens is 3. The van der Waals surface area contributed by atoms with E-state index < -0.39 is 0 Å². The fourth-order valence-corrected chi connectivity index (χ4v) is 1.53. The van der Waals surface area contributed by atoms with Crippen molar-refractivity contribution in [3.63, 3.8) is 0 Å². The van der Waals surface area contributed by atoms with Crippen LogP contribution in [0.3, 0.4) is 0 Å². The summed E-state index contributed by atoms with van der Waals surface area (Å²) in [5.41, 5.74) is 2.89. The number of hydrogen-bond donors (Lipinski definition) is 1. The van der Waals surface area contributed by atoms with E-state index in [2.05, 4.69) is 63.9 Å². The summed E-state index contributed by atoms with van der Waals surface area (Å²) in [5.74, 6) is 0. The predicted octanol–water partition coefficient (Wildman–Crippen LogP) is 2.97. The van der Waals surface area contributed by atoms with E-state index in [9.17, 15) is 4.79 Å². The van der Waals surface area contributed by atoms with Crippen LogP contribution in [-0.2, 0) is 0 Å². The van der Waals surface area contributed by atoms with Gasteiger partial charge in [-0.25, -0.2) is 0 Å². The number of rotatable bonds is 2. The Bertz CT molecular complexity index is 554. The van der Waals surface area contributed by atoms with Crippen LogP contribution in [0.5, 0.6) is 0 Å². The van der Waals surface area contributed by atoms with E-state index in [1.54, 1.807) is 0 Å². The lowest BCUT2D eigenvalue weighted by Crippen LogP contribution is -1.75. The van der Waals surface area contributed by atoms with Gasteiger partial charge in [0.25, 0.3) is 0 Å². The molecular formula is C15H13N3O. The number of nitrogens with zero attached hydrogens (tertiary/aromatic N) is 2. The van der Waals surface area contributed by atoms with Gasteiger partial charge in [-0.15, -0.1) is 0 Å². The van der Waals surface area contributed by atoms with Crippen LogP contribution >= 0.6 is 0 Å². The highest BCUT2D eigenvalue weighted by atomic mass is 16.1. The first-order valence-corrected chi connectivity index (χ1v) is 5.81. The van der Waals surface area contributed by atoms with Gasteiger partial charge in [-0.2, -0.15) is 15.4 Å². The molecule has 3 aromatic rings. The predicted molar refractivity (Wildman–Crippen MR) is 73.6 cm³/mol. The molecule has 0 radical (unpaired) electrons. The van der Waals surface area contributed by atoms with Crippen LogP contribution in [-0.4, -0.2) is 21.7 Å². The van der Waals surface area contributed by atoms with Crippen molar-refractivity contribution >= 4 is 6.29 Å². The van der Waals surface area contributed by atoms with Crippen molar-refractivity contribution in [2.45, 2.75) is 0 Å². The maximum Gasteiger partial charge on any atom is 0.171 e. The van der Waals surface area contributed by atoms with Gasteiger partial charge in [0.15, 0.2) is 6.29 Å². The molecule has 0 fully saturated rings. The molecule has 0 amide bonds. The zero-order valence-electron chi connectivity index (χ0n) is 10.2. The van der Waals surface area contributed by atoms with Gasteiger partial charge in [-0.3, -0.25) is 4.79 Å². The standard InChI is InChI=1S/C12H10.C3H3N3O/c1-3-7-11(8-4-1)12-9-5-2-6-10-12;7-2-3-1-4-6-5-3/h1-10H;1-2H,(H,4,5,6). The molecule has 2 aromatic carbocycles. The largest absolute Gasteiger partial charge is 0.296 e. The first kappa shape index (κ1) is 12.7. The summed E-state index contributed by atoms with van der Waals surface area (Å²) in [6.45, 7) is 0. The lowest BCUT2D eigenvalue weighted by molar-refractivity contribution is 0.111. The van der Waals surface area contributed by atoms with Crippen molar-refractivity contribution in [3.8, 4) is 11.1 Å². The molecule has 0 aliphatic rings. The fourth-order valence-electron chi connectivity index (χ4n) is 1.53.